The molecule has 1 aromatic carbocycles. The van der Waals surface area contributed by atoms with Gasteiger partial charge >= 0.3 is 0 Å². The molecule has 0 heterocycles. The molecular formula is C17H23N3O3. The van der Waals surface area contributed by atoms with Gasteiger partial charge in [-0.2, -0.15) is 0 Å². The molecule has 0 radical (unpaired) electrons. The quantitative estimate of drug-likeness (QED) is 0.661. The van der Waals surface area contributed by atoms with Gasteiger partial charge in [0.15, 0.2) is 0 Å². The number of fused-ring (bicyclic) bond motifs is 2. The lowest BCUT2D eigenvalue weighted by molar-refractivity contribution is -0.385. The van der Waals surface area contributed by atoms with E-state index in [4.69, 9.17) is 5.73 Å². The molecule has 124 valence electrons. The van der Waals surface area contributed by atoms with Gasteiger partial charge in [-0.25, -0.2) is 0 Å². The molecule has 2 atom stereocenters. The molecule has 1 amide bonds. The average Bonchev–Trinajstić information content (AvgIpc) is 2.48. The van der Waals surface area contributed by atoms with E-state index in [9.17, 15) is 14.9 Å². The molecule has 6 heteroatoms. The maximum atomic E-state index is 12.7. The van der Waals surface area contributed by atoms with Gasteiger partial charge in [0.25, 0.3) is 11.6 Å². The fraction of sp³-hybridized carbons (Fsp3) is 0.588. The second-order valence-corrected chi connectivity index (χ2v) is 6.89. The third kappa shape index (κ3) is 3.08. The zero-order valence-electron chi connectivity index (χ0n) is 13.3. The molecule has 2 unspecified atom stereocenters. The Morgan fingerprint density at radius 2 is 1.96 bits per heavy atom. The molecule has 1 aromatic rings. The number of nitro groups is 1. The maximum absolute atomic E-state index is 12.7. The smallest absolute Gasteiger partial charge is 0.273 e. The van der Waals surface area contributed by atoms with Crippen LogP contribution in [0.15, 0.2) is 18.2 Å². The Morgan fingerprint density at radius 3 is 2.57 bits per heavy atom. The van der Waals surface area contributed by atoms with E-state index < -0.39 is 4.92 Å². The zero-order valence-corrected chi connectivity index (χ0v) is 13.3. The van der Waals surface area contributed by atoms with Crippen LogP contribution in [-0.4, -0.2) is 22.9 Å². The lowest BCUT2D eigenvalue weighted by atomic mass is 9.67. The SMILES string of the molecule is Cc1c(C(=O)NC2C3CCCC2CC(N)C3)cccc1[N+](=O)[O-]. The molecule has 2 bridgehead atoms. The van der Waals surface area contributed by atoms with Crippen molar-refractivity contribution in [3.05, 3.63) is 39.4 Å². The Bertz CT molecular complexity index is 618. The molecule has 0 saturated heterocycles. The minimum absolute atomic E-state index is 0.0106. The van der Waals surface area contributed by atoms with Gasteiger partial charge in [-0.1, -0.05) is 12.5 Å². The van der Waals surface area contributed by atoms with Crippen molar-refractivity contribution < 1.29 is 9.72 Å². The number of hydrogen-bond donors (Lipinski definition) is 2. The van der Waals surface area contributed by atoms with Crippen molar-refractivity contribution in [3.8, 4) is 0 Å². The third-order valence-corrected chi connectivity index (χ3v) is 5.42. The van der Waals surface area contributed by atoms with Crippen LogP contribution < -0.4 is 11.1 Å². The molecule has 2 aliphatic carbocycles. The lowest BCUT2D eigenvalue weighted by Gasteiger charge is -2.45. The van der Waals surface area contributed by atoms with Crippen LogP contribution in [0.2, 0.25) is 0 Å². The number of carbonyl (C=O) groups excluding carboxylic acids is 1. The molecule has 0 spiro atoms. The predicted molar refractivity (Wildman–Crippen MR) is 87.1 cm³/mol. The van der Waals surface area contributed by atoms with E-state index in [0.717, 1.165) is 25.7 Å². The van der Waals surface area contributed by atoms with Crippen LogP contribution in [0.3, 0.4) is 0 Å². The molecule has 6 nitrogen and oxygen atoms in total. The molecule has 0 aromatic heterocycles. The first-order chi connectivity index (χ1) is 11.0. The molecule has 3 rings (SSSR count). The van der Waals surface area contributed by atoms with Crippen LogP contribution in [0.1, 0.15) is 48.0 Å². The Kier molecular flexibility index (Phi) is 4.35. The van der Waals surface area contributed by atoms with Crippen LogP contribution in [0.5, 0.6) is 0 Å². The summed E-state index contributed by atoms with van der Waals surface area (Å²) >= 11 is 0. The molecule has 0 aliphatic heterocycles. The summed E-state index contributed by atoms with van der Waals surface area (Å²) in [5, 5.41) is 14.2. The van der Waals surface area contributed by atoms with Gasteiger partial charge < -0.3 is 11.1 Å². The zero-order chi connectivity index (χ0) is 16.6. The van der Waals surface area contributed by atoms with Crippen LogP contribution >= 0.6 is 0 Å². The summed E-state index contributed by atoms with van der Waals surface area (Å²) in [5.74, 6) is 0.657. The monoisotopic (exact) mass is 317 g/mol. The minimum Gasteiger partial charge on any atom is -0.349 e. The van der Waals surface area contributed by atoms with Crippen molar-refractivity contribution in [2.24, 2.45) is 17.6 Å². The second-order valence-electron chi connectivity index (χ2n) is 6.89. The number of rotatable bonds is 3. The summed E-state index contributed by atoms with van der Waals surface area (Å²) in [6.45, 7) is 1.63. The van der Waals surface area contributed by atoms with Crippen LogP contribution in [-0.2, 0) is 0 Å². The first-order valence-corrected chi connectivity index (χ1v) is 8.28. The first-order valence-electron chi connectivity index (χ1n) is 8.28. The molecule has 2 fully saturated rings. The number of nitrogens with two attached hydrogens (primary N) is 1. The van der Waals surface area contributed by atoms with E-state index >= 15 is 0 Å². The molecular weight excluding hydrogens is 294 g/mol. The van der Waals surface area contributed by atoms with E-state index in [2.05, 4.69) is 5.32 Å². The number of hydrogen-bond acceptors (Lipinski definition) is 4. The van der Waals surface area contributed by atoms with Gasteiger partial charge in [0, 0.05) is 29.3 Å². The summed E-state index contributed by atoms with van der Waals surface area (Å²) in [4.78, 5) is 23.3. The number of nitro benzene ring substituents is 1. The average molecular weight is 317 g/mol. The Balaban J connectivity index is 1.80. The van der Waals surface area contributed by atoms with E-state index in [-0.39, 0.29) is 23.7 Å². The van der Waals surface area contributed by atoms with Crippen molar-refractivity contribution in [2.75, 3.05) is 0 Å². The summed E-state index contributed by atoms with van der Waals surface area (Å²) in [7, 11) is 0. The third-order valence-electron chi connectivity index (χ3n) is 5.42. The van der Waals surface area contributed by atoms with E-state index in [1.54, 1.807) is 19.1 Å². The molecule has 2 saturated carbocycles. The standard InChI is InChI=1S/C17H23N3O3/c1-10-14(6-3-7-15(10)20(22)23)17(21)19-16-11-4-2-5-12(16)9-13(18)8-11/h3,6-7,11-13,16H,2,4-5,8-9,18H2,1H3,(H,19,21). The maximum Gasteiger partial charge on any atom is 0.273 e. The molecule has 23 heavy (non-hydrogen) atoms. The Labute approximate surface area is 135 Å². The largest absolute Gasteiger partial charge is 0.349 e. The van der Waals surface area contributed by atoms with Crippen molar-refractivity contribution in [3.63, 3.8) is 0 Å². The van der Waals surface area contributed by atoms with Crippen molar-refractivity contribution in [1.29, 1.82) is 0 Å². The summed E-state index contributed by atoms with van der Waals surface area (Å²) in [6.07, 6.45) is 5.31. The van der Waals surface area contributed by atoms with Gasteiger partial charge in [-0.15, -0.1) is 0 Å². The summed E-state index contributed by atoms with van der Waals surface area (Å²) < 4.78 is 0. The van der Waals surface area contributed by atoms with Crippen LogP contribution in [0.4, 0.5) is 5.69 Å². The van der Waals surface area contributed by atoms with Crippen LogP contribution in [0, 0.1) is 28.9 Å². The number of benzene rings is 1. The van der Waals surface area contributed by atoms with Gasteiger partial charge in [0.05, 0.1) is 4.92 Å². The van der Waals surface area contributed by atoms with Crippen molar-refractivity contribution >= 4 is 11.6 Å². The van der Waals surface area contributed by atoms with Gasteiger partial charge in [0.1, 0.15) is 0 Å². The highest BCUT2D eigenvalue weighted by molar-refractivity contribution is 5.96. The number of nitrogens with zero attached hydrogens (tertiary/aromatic N) is 1. The highest BCUT2D eigenvalue weighted by Gasteiger charge is 2.40. The fourth-order valence-electron chi connectivity index (χ4n) is 4.32. The Morgan fingerprint density at radius 1 is 1.30 bits per heavy atom. The summed E-state index contributed by atoms with van der Waals surface area (Å²) in [5.41, 5.74) is 6.93. The number of amides is 1. The second kappa shape index (κ2) is 6.28. The first kappa shape index (κ1) is 15.9. The Hall–Kier alpha value is -1.95. The van der Waals surface area contributed by atoms with Crippen molar-refractivity contribution in [2.45, 2.75) is 51.1 Å². The van der Waals surface area contributed by atoms with Gasteiger partial charge in [-0.3, -0.25) is 14.9 Å². The van der Waals surface area contributed by atoms with Gasteiger partial charge in [0.2, 0.25) is 0 Å². The molecule has 2 aliphatic rings. The number of carbonyl (C=O) groups is 1. The van der Waals surface area contributed by atoms with E-state index in [1.807, 2.05) is 0 Å². The number of nitrogens with one attached hydrogen (secondary N) is 1. The predicted octanol–water partition coefficient (Wildman–Crippen LogP) is 2.54. The van der Waals surface area contributed by atoms with E-state index in [0.29, 0.717) is 23.0 Å². The minimum atomic E-state index is -0.444. The fourth-order valence-corrected chi connectivity index (χ4v) is 4.32. The molecule has 3 N–H and O–H groups in total. The topological polar surface area (TPSA) is 98.3 Å². The van der Waals surface area contributed by atoms with Gasteiger partial charge in [-0.05, 0) is 50.5 Å². The normalized spacial score (nSPS) is 29.8. The van der Waals surface area contributed by atoms with Crippen molar-refractivity contribution in [1.82, 2.24) is 5.32 Å². The van der Waals surface area contributed by atoms with Crippen LogP contribution in [0.25, 0.3) is 0 Å². The summed E-state index contributed by atoms with van der Waals surface area (Å²) in [6, 6.07) is 5.04. The lowest BCUT2D eigenvalue weighted by Crippen LogP contribution is -2.53. The highest BCUT2D eigenvalue weighted by Crippen LogP contribution is 2.39. The highest BCUT2D eigenvalue weighted by atomic mass is 16.6. The van der Waals surface area contributed by atoms with E-state index in [1.165, 1.54) is 12.5 Å².